The van der Waals surface area contributed by atoms with Gasteiger partial charge in [0.2, 0.25) is 5.95 Å². The summed E-state index contributed by atoms with van der Waals surface area (Å²) in [5.41, 5.74) is 4.07. The molecule has 0 amide bonds. The summed E-state index contributed by atoms with van der Waals surface area (Å²) in [6.45, 7) is 0. The smallest absolute Gasteiger partial charge is 0.228 e. The van der Waals surface area contributed by atoms with Gasteiger partial charge in [-0.15, -0.1) is 0 Å². The van der Waals surface area contributed by atoms with Crippen molar-refractivity contribution in [3.8, 4) is 0 Å². The van der Waals surface area contributed by atoms with Crippen molar-refractivity contribution in [2.24, 2.45) is 5.10 Å². The zero-order valence-corrected chi connectivity index (χ0v) is 13.9. The Hall–Kier alpha value is -2.89. The van der Waals surface area contributed by atoms with Gasteiger partial charge in [-0.2, -0.15) is 15.1 Å². The predicted octanol–water partition coefficient (Wildman–Crippen LogP) is 2.72. The van der Waals surface area contributed by atoms with E-state index in [-0.39, 0.29) is 0 Å². The summed E-state index contributed by atoms with van der Waals surface area (Å²) in [7, 11) is 7.70. The van der Waals surface area contributed by atoms with Crippen molar-refractivity contribution >= 4 is 29.9 Å². The lowest BCUT2D eigenvalue weighted by molar-refractivity contribution is 0.966. The molecule has 0 aliphatic carbocycles. The second-order valence-electron chi connectivity index (χ2n) is 5.36. The molecule has 0 spiro atoms. The zero-order chi connectivity index (χ0) is 16.7. The molecular weight excluding hydrogens is 288 g/mol. The van der Waals surface area contributed by atoms with Gasteiger partial charge in [0, 0.05) is 40.5 Å². The number of hydrogen-bond acceptors (Lipinski definition) is 6. The van der Waals surface area contributed by atoms with Crippen molar-refractivity contribution in [3.05, 3.63) is 48.0 Å². The summed E-state index contributed by atoms with van der Waals surface area (Å²) in [5, 5.41) is 4.17. The van der Waals surface area contributed by atoms with Crippen LogP contribution in [0.5, 0.6) is 0 Å². The first-order valence-electron chi connectivity index (χ1n) is 7.31. The molecule has 0 saturated heterocycles. The number of hydrogen-bond donors (Lipinski definition) is 1. The van der Waals surface area contributed by atoms with E-state index < -0.39 is 0 Å². The highest BCUT2D eigenvalue weighted by Crippen LogP contribution is 2.17. The van der Waals surface area contributed by atoms with Crippen LogP contribution in [0.15, 0.2) is 47.6 Å². The van der Waals surface area contributed by atoms with Crippen molar-refractivity contribution in [2.45, 2.75) is 0 Å². The second-order valence-corrected chi connectivity index (χ2v) is 5.36. The highest BCUT2D eigenvalue weighted by Gasteiger charge is 2.07. The van der Waals surface area contributed by atoms with Crippen LogP contribution in [0, 0.1) is 0 Å². The van der Waals surface area contributed by atoms with Crippen LogP contribution in [0.25, 0.3) is 6.08 Å². The van der Waals surface area contributed by atoms with Crippen LogP contribution in [0.4, 0.5) is 17.6 Å². The molecule has 0 bridgehead atoms. The van der Waals surface area contributed by atoms with E-state index >= 15 is 0 Å². The Labute approximate surface area is 137 Å². The number of hydrazone groups is 1. The molecule has 0 atom stereocenters. The van der Waals surface area contributed by atoms with Crippen molar-refractivity contribution < 1.29 is 0 Å². The predicted molar refractivity (Wildman–Crippen MR) is 98.3 cm³/mol. The molecular formula is C17H22N6. The molecule has 0 saturated carbocycles. The Morgan fingerprint density at radius 2 is 1.74 bits per heavy atom. The highest BCUT2D eigenvalue weighted by molar-refractivity contribution is 5.78. The van der Waals surface area contributed by atoms with Crippen LogP contribution in [0.1, 0.15) is 5.56 Å². The standard InChI is InChI=1S/C17H22N6/c1-22(2)16-13-15(19-17(20-16)23(3)4)21-18-12-8-11-14-9-6-5-7-10-14/h5-13H,1-4H3,(H,19,20,21)/b11-8+,18-12+. The molecule has 2 rings (SSSR count). The van der Waals surface area contributed by atoms with Crippen LogP contribution >= 0.6 is 0 Å². The number of nitrogens with zero attached hydrogens (tertiary/aromatic N) is 5. The summed E-state index contributed by atoms with van der Waals surface area (Å²) in [4.78, 5) is 12.6. The summed E-state index contributed by atoms with van der Waals surface area (Å²) >= 11 is 0. The van der Waals surface area contributed by atoms with E-state index in [1.54, 1.807) is 6.21 Å². The lowest BCUT2D eigenvalue weighted by Crippen LogP contribution is -2.17. The lowest BCUT2D eigenvalue weighted by atomic mass is 10.2. The Morgan fingerprint density at radius 3 is 2.39 bits per heavy atom. The number of nitrogens with one attached hydrogen (secondary N) is 1. The number of aromatic nitrogens is 2. The topological polar surface area (TPSA) is 56.6 Å². The van der Waals surface area contributed by atoms with Gasteiger partial charge in [0.05, 0.1) is 0 Å². The maximum atomic E-state index is 4.45. The molecule has 0 unspecified atom stereocenters. The minimum absolute atomic E-state index is 0.633. The number of benzene rings is 1. The average molecular weight is 310 g/mol. The van der Waals surface area contributed by atoms with Gasteiger partial charge < -0.3 is 9.80 Å². The van der Waals surface area contributed by atoms with E-state index in [2.05, 4.69) is 20.5 Å². The third-order valence-electron chi connectivity index (χ3n) is 2.99. The third kappa shape index (κ3) is 5.10. The second kappa shape index (κ2) is 7.93. The normalized spacial score (nSPS) is 11.1. The Bertz CT molecular complexity index is 650. The third-order valence-corrected chi connectivity index (χ3v) is 2.99. The first kappa shape index (κ1) is 16.5. The molecule has 1 N–H and O–H groups in total. The van der Waals surface area contributed by atoms with Crippen LogP contribution in [-0.2, 0) is 0 Å². The molecule has 1 heterocycles. The van der Waals surface area contributed by atoms with Crippen molar-refractivity contribution in [3.63, 3.8) is 0 Å². The van der Waals surface area contributed by atoms with E-state index in [1.807, 2.05) is 86.5 Å². The number of allylic oxidation sites excluding steroid dienone is 1. The zero-order valence-electron chi connectivity index (χ0n) is 13.9. The molecule has 2 aromatic rings. The largest absolute Gasteiger partial charge is 0.363 e. The summed E-state index contributed by atoms with van der Waals surface area (Å²) in [6.07, 6.45) is 5.56. The van der Waals surface area contributed by atoms with Gasteiger partial charge in [-0.05, 0) is 11.6 Å². The molecule has 0 aliphatic heterocycles. The fraction of sp³-hybridized carbons (Fsp3) is 0.235. The van der Waals surface area contributed by atoms with Gasteiger partial charge in [0.25, 0.3) is 0 Å². The van der Waals surface area contributed by atoms with Crippen LogP contribution < -0.4 is 15.2 Å². The Morgan fingerprint density at radius 1 is 1.00 bits per heavy atom. The van der Waals surface area contributed by atoms with Gasteiger partial charge in [-0.3, -0.25) is 5.43 Å². The number of rotatable bonds is 6. The van der Waals surface area contributed by atoms with Crippen LogP contribution in [0.2, 0.25) is 0 Å². The monoisotopic (exact) mass is 310 g/mol. The van der Waals surface area contributed by atoms with Crippen molar-refractivity contribution in [1.82, 2.24) is 9.97 Å². The summed E-state index contributed by atoms with van der Waals surface area (Å²) in [6, 6.07) is 11.9. The molecule has 6 heteroatoms. The van der Waals surface area contributed by atoms with E-state index in [4.69, 9.17) is 0 Å². The van der Waals surface area contributed by atoms with E-state index in [0.717, 1.165) is 11.4 Å². The average Bonchev–Trinajstić information content (AvgIpc) is 2.55. The summed E-state index contributed by atoms with van der Waals surface area (Å²) < 4.78 is 0. The molecule has 120 valence electrons. The number of anilines is 3. The fourth-order valence-electron chi connectivity index (χ4n) is 1.77. The van der Waals surface area contributed by atoms with E-state index in [1.165, 1.54) is 0 Å². The molecule has 1 aromatic carbocycles. The van der Waals surface area contributed by atoms with E-state index in [9.17, 15) is 0 Å². The molecule has 23 heavy (non-hydrogen) atoms. The Balaban J connectivity index is 2.04. The SMILES string of the molecule is CN(C)c1cc(N/N=C/C=C/c2ccccc2)nc(N(C)C)n1. The van der Waals surface area contributed by atoms with Crippen LogP contribution in [0.3, 0.4) is 0 Å². The van der Waals surface area contributed by atoms with Gasteiger partial charge in [-0.25, -0.2) is 0 Å². The first-order valence-corrected chi connectivity index (χ1v) is 7.31. The fourth-order valence-corrected chi connectivity index (χ4v) is 1.77. The van der Waals surface area contributed by atoms with Gasteiger partial charge in [0.15, 0.2) is 5.82 Å². The minimum Gasteiger partial charge on any atom is -0.363 e. The lowest BCUT2D eigenvalue weighted by Gasteiger charge is -2.16. The quantitative estimate of drug-likeness (QED) is 0.657. The minimum atomic E-state index is 0.633. The van der Waals surface area contributed by atoms with Crippen molar-refractivity contribution in [2.75, 3.05) is 43.4 Å². The molecule has 0 aliphatic rings. The Kier molecular flexibility index (Phi) is 5.68. The van der Waals surface area contributed by atoms with Crippen LogP contribution in [-0.4, -0.2) is 44.4 Å². The molecule has 0 radical (unpaired) electrons. The molecule has 0 fully saturated rings. The van der Waals surface area contributed by atoms with Gasteiger partial charge in [0.1, 0.15) is 5.82 Å². The van der Waals surface area contributed by atoms with Gasteiger partial charge >= 0.3 is 0 Å². The highest BCUT2D eigenvalue weighted by atomic mass is 15.3. The van der Waals surface area contributed by atoms with Gasteiger partial charge in [-0.1, -0.05) is 36.4 Å². The van der Waals surface area contributed by atoms with E-state index in [0.29, 0.717) is 11.8 Å². The maximum Gasteiger partial charge on any atom is 0.228 e. The maximum absolute atomic E-state index is 4.45. The summed E-state index contributed by atoms with van der Waals surface area (Å²) in [5.74, 6) is 2.10. The molecule has 1 aromatic heterocycles. The van der Waals surface area contributed by atoms with Crippen molar-refractivity contribution in [1.29, 1.82) is 0 Å². The molecule has 6 nitrogen and oxygen atoms in total. The first-order chi connectivity index (χ1) is 11.1.